The molecule has 0 aliphatic carbocycles. The van der Waals surface area contributed by atoms with Crippen molar-refractivity contribution in [1.82, 2.24) is 5.32 Å². The van der Waals surface area contributed by atoms with Gasteiger partial charge in [-0.3, -0.25) is 4.79 Å². The van der Waals surface area contributed by atoms with Gasteiger partial charge in [0.1, 0.15) is 11.3 Å². The van der Waals surface area contributed by atoms with E-state index in [1.165, 1.54) is 6.07 Å². The van der Waals surface area contributed by atoms with Gasteiger partial charge < -0.3 is 24.1 Å². The number of fused-ring (bicyclic) bond motifs is 1. The maximum Gasteiger partial charge on any atom is 0.193 e. The van der Waals surface area contributed by atoms with E-state index < -0.39 is 0 Å². The largest absolute Gasteiger partial charge is 0.493 e. The first-order valence-corrected chi connectivity index (χ1v) is 9.37. The van der Waals surface area contributed by atoms with E-state index in [4.69, 9.17) is 13.9 Å². The molecule has 1 unspecified atom stereocenters. The van der Waals surface area contributed by atoms with Crippen molar-refractivity contribution in [3.05, 3.63) is 52.7 Å². The summed E-state index contributed by atoms with van der Waals surface area (Å²) in [6.07, 6.45) is 0. The maximum atomic E-state index is 12.8. The zero-order valence-electron chi connectivity index (χ0n) is 16.3. The minimum Gasteiger partial charge on any atom is -0.493 e. The van der Waals surface area contributed by atoms with E-state index in [0.29, 0.717) is 34.3 Å². The Morgan fingerprint density at radius 3 is 2.64 bits per heavy atom. The summed E-state index contributed by atoms with van der Waals surface area (Å²) in [6, 6.07) is 13.2. The Hall–Kier alpha value is -2.99. The van der Waals surface area contributed by atoms with Crippen molar-refractivity contribution in [3.63, 3.8) is 0 Å². The van der Waals surface area contributed by atoms with Crippen molar-refractivity contribution in [2.24, 2.45) is 0 Å². The van der Waals surface area contributed by atoms with Gasteiger partial charge in [-0.25, -0.2) is 0 Å². The van der Waals surface area contributed by atoms with Crippen LogP contribution >= 0.6 is 0 Å². The molecule has 1 aliphatic rings. The fourth-order valence-electron chi connectivity index (χ4n) is 3.64. The van der Waals surface area contributed by atoms with E-state index >= 15 is 0 Å². The van der Waals surface area contributed by atoms with Crippen LogP contribution in [-0.2, 0) is 0 Å². The molecular formula is C22H24N2O4. The number of benzene rings is 2. The molecule has 3 aromatic rings. The third-order valence-electron chi connectivity index (χ3n) is 5.11. The number of hydrogen-bond donors (Lipinski definition) is 1. The highest BCUT2D eigenvalue weighted by atomic mass is 16.5. The minimum absolute atomic E-state index is 0.0592. The van der Waals surface area contributed by atoms with Gasteiger partial charge in [-0.1, -0.05) is 0 Å². The number of hydrogen-bond acceptors (Lipinski definition) is 6. The predicted octanol–water partition coefficient (Wildman–Crippen LogP) is 3.28. The van der Waals surface area contributed by atoms with Crippen molar-refractivity contribution in [3.8, 4) is 22.8 Å². The lowest BCUT2D eigenvalue weighted by molar-refractivity contribution is 0.355. The summed E-state index contributed by atoms with van der Waals surface area (Å²) in [5.41, 5.74) is 2.32. The van der Waals surface area contributed by atoms with E-state index in [-0.39, 0.29) is 5.43 Å². The van der Waals surface area contributed by atoms with Crippen LogP contribution < -0.4 is 25.1 Å². The zero-order chi connectivity index (χ0) is 19.7. The Morgan fingerprint density at radius 2 is 1.89 bits per heavy atom. The number of nitrogens with zero attached hydrogens (tertiary/aromatic N) is 1. The molecule has 1 aliphatic heterocycles. The lowest BCUT2D eigenvalue weighted by Crippen LogP contribution is -2.49. The van der Waals surface area contributed by atoms with Crippen molar-refractivity contribution in [1.29, 1.82) is 0 Å². The maximum absolute atomic E-state index is 12.8. The molecule has 0 saturated carbocycles. The van der Waals surface area contributed by atoms with E-state index in [1.54, 1.807) is 26.4 Å². The summed E-state index contributed by atoms with van der Waals surface area (Å²) in [5, 5.41) is 4.02. The monoisotopic (exact) mass is 380 g/mol. The number of nitrogens with one attached hydrogen (secondary N) is 1. The van der Waals surface area contributed by atoms with Crippen molar-refractivity contribution in [2.45, 2.75) is 13.0 Å². The van der Waals surface area contributed by atoms with Gasteiger partial charge in [0, 0.05) is 43.0 Å². The van der Waals surface area contributed by atoms with Crippen LogP contribution in [0, 0.1) is 0 Å². The SMILES string of the molecule is COc1ccc(-c2cc(=O)c3cc(N4CCNC(C)C4)ccc3o2)cc1OC. The molecule has 1 aromatic heterocycles. The van der Waals surface area contributed by atoms with Crippen LogP contribution in [0.2, 0.25) is 0 Å². The molecule has 0 spiro atoms. The average molecular weight is 380 g/mol. The van der Waals surface area contributed by atoms with E-state index in [0.717, 1.165) is 30.9 Å². The van der Waals surface area contributed by atoms with Gasteiger partial charge in [0.25, 0.3) is 0 Å². The van der Waals surface area contributed by atoms with Crippen molar-refractivity contribution < 1.29 is 13.9 Å². The Kier molecular flexibility index (Phi) is 4.96. The molecule has 0 radical (unpaired) electrons. The molecule has 1 N–H and O–H groups in total. The van der Waals surface area contributed by atoms with E-state index in [9.17, 15) is 4.79 Å². The number of anilines is 1. The molecule has 0 amide bonds. The van der Waals surface area contributed by atoms with Crippen LogP contribution in [0.15, 0.2) is 51.7 Å². The standard InChI is InChI=1S/C22H24N2O4/c1-14-13-24(9-8-23-14)16-5-7-19-17(11-16)18(25)12-21(28-19)15-4-6-20(26-2)22(10-15)27-3/h4-7,10-12,14,23H,8-9,13H2,1-3H3. The molecule has 1 saturated heterocycles. The summed E-state index contributed by atoms with van der Waals surface area (Å²) in [4.78, 5) is 15.1. The fourth-order valence-corrected chi connectivity index (χ4v) is 3.64. The van der Waals surface area contributed by atoms with Crippen LogP contribution in [0.5, 0.6) is 11.5 Å². The molecule has 146 valence electrons. The second-order valence-corrected chi connectivity index (χ2v) is 7.03. The first-order chi connectivity index (χ1) is 13.6. The van der Waals surface area contributed by atoms with Crippen LogP contribution in [0.1, 0.15) is 6.92 Å². The summed E-state index contributed by atoms with van der Waals surface area (Å²) < 4.78 is 16.7. The summed E-state index contributed by atoms with van der Waals surface area (Å²) in [7, 11) is 3.17. The van der Waals surface area contributed by atoms with E-state index in [1.807, 2.05) is 24.3 Å². The van der Waals surface area contributed by atoms with Crippen molar-refractivity contribution >= 4 is 16.7 Å². The third kappa shape index (κ3) is 3.43. The number of rotatable bonds is 4. The highest BCUT2D eigenvalue weighted by Gasteiger charge is 2.17. The predicted molar refractivity (Wildman–Crippen MR) is 111 cm³/mol. The molecule has 2 aromatic carbocycles. The second kappa shape index (κ2) is 7.56. The van der Waals surface area contributed by atoms with Crippen LogP contribution in [0.25, 0.3) is 22.3 Å². The van der Waals surface area contributed by atoms with Gasteiger partial charge in [-0.2, -0.15) is 0 Å². The molecule has 28 heavy (non-hydrogen) atoms. The quantitative estimate of drug-likeness (QED) is 0.749. The van der Waals surface area contributed by atoms with Gasteiger partial charge in [-0.15, -0.1) is 0 Å². The van der Waals surface area contributed by atoms with Crippen LogP contribution in [0.4, 0.5) is 5.69 Å². The zero-order valence-corrected chi connectivity index (χ0v) is 16.3. The van der Waals surface area contributed by atoms with E-state index in [2.05, 4.69) is 17.1 Å². The van der Waals surface area contributed by atoms with Crippen LogP contribution in [0.3, 0.4) is 0 Å². The topological polar surface area (TPSA) is 63.9 Å². The molecule has 4 rings (SSSR count). The lowest BCUT2D eigenvalue weighted by atomic mass is 10.1. The number of piperazine rings is 1. The Labute approximate surface area is 163 Å². The highest BCUT2D eigenvalue weighted by Crippen LogP contribution is 2.33. The third-order valence-corrected chi connectivity index (χ3v) is 5.11. The fraction of sp³-hybridized carbons (Fsp3) is 0.318. The van der Waals surface area contributed by atoms with Gasteiger partial charge in [0.05, 0.1) is 19.6 Å². The second-order valence-electron chi connectivity index (χ2n) is 7.03. The molecular weight excluding hydrogens is 356 g/mol. The van der Waals surface area contributed by atoms with Crippen LogP contribution in [-0.4, -0.2) is 39.9 Å². The summed E-state index contributed by atoms with van der Waals surface area (Å²) in [6.45, 7) is 4.94. The minimum atomic E-state index is -0.0592. The Bertz CT molecular complexity index is 1060. The average Bonchev–Trinajstić information content (AvgIpc) is 2.73. The van der Waals surface area contributed by atoms with Gasteiger partial charge in [0.2, 0.25) is 0 Å². The normalized spacial score (nSPS) is 17.0. The Balaban J connectivity index is 1.73. The molecule has 1 atom stereocenters. The van der Waals surface area contributed by atoms with Crippen molar-refractivity contribution in [2.75, 3.05) is 38.8 Å². The molecule has 1 fully saturated rings. The smallest absolute Gasteiger partial charge is 0.193 e. The first kappa shape index (κ1) is 18.4. The summed E-state index contributed by atoms with van der Waals surface area (Å²) >= 11 is 0. The molecule has 6 heteroatoms. The molecule has 2 heterocycles. The Morgan fingerprint density at radius 1 is 1.07 bits per heavy atom. The lowest BCUT2D eigenvalue weighted by Gasteiger charge is -2.33. The highest BCUT2D eigenvalue weighted by molar-refractivity contribution is 5.82. The molecule has 0 bridgehead atoms. The number of methoxy groups -OCH3 is 2. The van der Waals surface area contributed by atoms with Gasteiger partial charge in [-0.05, 0) is 43.3 Å². The van der Waals surface area contributed by atoms with Gasteiger partial charge in [0.15, 0.2) is 16.9 Å². The van der Waals surface area contributed by atoms with Gasteiger partial charge >= 0.3 is 0 Å². The first-order valence-electron chi connectivity index (χ1n) is 9.37. The summed E-state index contributed by atoms with van der Waals surface area (Å²) in [5.74, 6) is 1.72. The molecule has 6 nitrogen and oxygen atoms in total. The number of ether oxygens (including phenoxy) is 2.